The van der Waals surface area contributed by atoms with Crippen LogP contribution in [0.4, 0.5) is 21.5 Å². The number of methoxy groups -OCH3 is 1. The molecule has 0 heterocycles. The lowest BCUT2D eigenvalue weighted by Crippen LogP contribution is -2.08. The first kappa shape index (κ1) is 15.1. The van der Waals surface area contributed by atoms with E-state index in [-0.39, 0.29) is 16.9 Å². The van der Waals surface area contributed by atoms with Crippen LogP contribution >= 0.6 is 11.6 Å². The molecule has 0 fully saturated rings. The molecule has 2 rings (SSSR count). The Morgan fingerprint density at radius 3 is 2.67 bits per heavy atom. The lowest BCUT2D eigenvalue weighted by molar-refractivity contribution is 0.0602. The SMILES string of the molecule is COC(=O)c1cc(Nc2cc(C)ccc2Cl)c(F)cc1N. The van der Waals surface area contributed by atoms with Gasteiger partial charge >= 0.3 is 5.97 Å². The van der Waals surface area contributed by atoms with Crippen molar-refractivity contribution < 1.29 is 13.9 Å². The number of anilines is 3. The van der Waals surface area contributed by atoms with Crippen LogP contribution < -0.4 is 11.1 Å². The quantitative estimate of drug-likeness (QED) is 0.666. The van der Waals surface area contributed by atoms with Gasteiger partial charge in [0.25, 0.3) is 0 Å². The Balaban J connectivity index is 2.44. The predicted octanol–water partition coefficient (Wildman–Crippen LogP) is 3.90. The second-order valence-corrected chi connectivity index (χ2v) is 4.93. The Morgan fingerprint density at radius 2 is 2.00 bits per heavy atom. The first-order valence-electron chi connectivity index (χ1n) is 6.13. The Morgan fingerprint density at radius 1 is 1.29 bits per heavy atom. The third kappa shape index (κ3) is 3.25. The van der Waals surface area contributed by atoms with Gasteiger partial charge in [-0.25, -0.2) is 9.18 Å². The van der Waals surface area contributed by atoms with Gasteiger partial charge in [-0.15, -0.1) is 0 Å². The van der Waals surface area contributed by atoms with E-state index in [4.69, 9.17) is 17.3 Å². The van der Waals surface area contributed by atoms with Gasteiger partial charge in [-0.1, -0.05) is 17.7 Å². The number of carbonyl (C=O) groups excluding carboxylic acids is 1. The van der Waals surface area contributed by atoms with Crippen molar-refractivity contribution >= 4 is 34.6 Å². The van der Waals surface area contributed by atoms with Gasteiger partial charge in [-0.2, -0.15) is 0 Å². The zero-order valence-electron chi connectivity index (χ0n) is 11.5. The van der Waals surface area contributed by atoms with Crippen LogP contribution in [-0.2, 0) is 4.74 Å². The molecule has 2 aromatic rings. The monoisotopic (exact) mass is 308 g/mol. The summed E-state index contributed by atoms with van der Waals surface area (Å²) in [6.07, 6.45) is 0. The highest BCUT2D eigenvalue weighted by molar-refractivity contribution is 6.33. The van der Waals surface area contributed by atoms with Crippen molar-refractivity contribution in [3.05, 3.63) is 52.3 Å². The summed E-state index contributed by atoms with van der Waals surface area (Å²) in [6, 6.07) is 7.69. The van der Waals surface area contributed by atoms with Crippen LogP contribution in [0.3, 0.4) is 0 Å². The molecule has 0 atom stereocenters. The van der Waals surface area contributed by atoms with E-state index in [1.807, 2.05) is 13.0 Å². The first-order chi connectivity index (χ1) is 9.92. The molecule has 21 heavy (non-hydrogen) atoms. The van der Waals surface area contributed by atoms with Gasteiger partial charge in [0.15, 0.2) is 0 Å². The molecule has 0 aliphatic carbocycles. The first-order valence-corrected chi connectivity index (χ1v) is 6.50. The molecule has 0 unspecified atom stereocenters. The van der Waals surface area contributed by atoms with Crippen LogP contribution in [0, 0.1) is 12.7 Å². The number of nitrogen functional groups attached to an aromatic ring is 1. The summed E-state index contributed by atoms with van der Waals surface area (Å²) >= 11 is 6.06. The molecule has 0 amide bonds. The molecule has 0 spiro atoms. The van der Waals surface area contributed by atoms with Gasteiger partial charge in [0.05, 0.1) is 29.1 Å². The maximum absolute atomic E-state index is 14.0. The van der Waals surface area contributed by atoms with E-state index in [1.165, 1.54) is 13.2 Å². The Labute approximate surface area is 126 Å². The van der Waals surface area contributed by atoms with E-state index in [1.54, 1.807) is 12.1 Å². The maximum Gasteiger partial charge on any atom is 0.340 e. The molecule has 4 nitrogen and oxygen atoms in total. The van der Waals surface area contributed by atoms with Crippen molar-refractivity contribution in [3.63, 3.8) is 0 Å². The number of nitrogens with two attached hydrogens (primary N) is 1. The average Bonchev–Trinajstić information content (AvgIpc) is 2.44. The third-order valence-corrected chi connectivity index (χ3v) is 3.27. The summed E-state index contributed by atoms with van der Waals surface area (Å²) in [5.74, 6) is -1.22. The summed E-state index contributed by atoms with van der Waals surface area (Å²) in [6.45, 7) is 1.89. The van der Waals surface area contributed by atoms with Gasteiger partial charge < -0.3 is 15.8 Å². The minimum Gasteiger partial charge on any atom is -0.465 e. The zero-order chi connectivity index (χ0) is 15.6. The molecule has 3 N–H and O–H groups in total. The number of ether oxygens (including phenoxy) is 1. The van der Waals surface area contributed by atoms with Crippen molar-refractivity contribution in [1.82, 2.24) is 0 Å². The Kier molecular flexibility index (Phi) is 4.33. The minimum atomic E-state index is -0.633. The van der Waals surface area contributed by atoms with Crippen molar-refractivity contribution in [3.8, 4) is 0 Å². The number of rotatable bonds is 3. The number of hydrogen-bond acceptors (Lipinski definition) is 4. The normalized spacial score (nSPS) is 10.3. The molecular weight excluding hydrogens is 295 g/mol. The predicted molar refractivity (Wildman–Crippen MR) is 81.6 cm³/mol. The minimum absolute atomic E-state index is 0.0141. The van der Waals surface area contributed by atoms with Crippen LogP contribution in [-0.4, -0.2) is 13.1 Å². The number of nitrogens with one attached hydrogen (secondary N) is 1. The lowest BCUT2D eigenvalue weighted by Gasteiger charge is -2.12. The lowest BCUT2D eigenvalue weighted by atomic mass is 10.1. The van der Waals surface area contributed by atoms with E-state index in [2.05, 4.69) is 10.1 Å². The number of carbonyl (C=O) groups is 1. The second-order valence-electron chi connectivity index (χ2n) is 4.52. The zero-order valence-corrected chi connectivity index (χ0v) is 12.3. The largest absolute Gasteiger partial charge is 0.465 e. The Hall–Kier alpha value is -2.27. The van der Waals surface area contributed by atoms with Gasteiger partial charge in [0.2, 0.25) is 0 Å². The molecule has 2 aromatic carbocycles. The van der Waals surface area contributed by atoms with Crippen molar-refractivity contribution in [1.29, 1.82) is 0 Å². The number of benzene rings is 2. The number of hydrogen-bond donors (Lipinski definition) is 2. The van der Waals surface area contributed by atoms with E-state index in [9.17, 15) is 9.18 Å². The van der Waals surface area contributed by atoms with E-state index >= 15 is 0 Å². The molecule has 0 bridgehead atoms. The summed E-state index contributed by atoms with van der Waals surface area (Å²) in [5, 5.41) is 3.30. The molecule has 0 radical (unpaired) electrons. The smallest absolute Gasteiger partial charge is 0.340 e. The van der Waals surface area contributed by atoms with Crippen LogP contribution in [0.1, 0.15) is 15.9 Å². The van der Waals surface area contributed by atoms with Crippen LogP contribution in [0.25, 0.3) is 0 Å². The van der Waals surface area contributed by atoms with E-state index in [0.717, 1.165) is 11.6 Å². The summed E-state index contributed by atoms with van der Waals surface area (Å²) in [7, 11) is 1.23. The Bertz CT molecular complexity index is 704. The van der Waals surface area contributed by atoms with Crippen molar-refractivity contribution in [2.45, 2.75) is 6.92 Å². The number of halogens is 2. The second kappa shape index (κ2) is 6.01. The maximum atomic E-state index is 14.0. The topological polar surface area (TPSA) is 64.3 Å². The third-order valence-electron chi connectivity index (χ3n) is 2.94. The average molecular weight is 309 g/mol. The van der Waals surface area contributed by atoms with Crippen LogP contribution in [0.2, 0.25) is 5.02 Å². The fraction of sp³-hybridized carbons (Fsp3) is 0.133. The fourth-order valence-corrected chi connectivity index (χ4v) is 2.02. The molecule has 6 heteroatoms. The highest BCUT2D eigenvalue weighted by Gasteiger charge is 2.15. The highest BCUT2D eigenvalue weighted by Crippen LogP contribution is 2.30. The molecular formula is C15H14ClFN2O2. The van der Waals surface area contributed by atoms with Crippen molar-refractivity contribution in [2.24, 2.45) is 0 Å². The molecule has 0 aliphatic heterocycles. The van der Waals surface area contributed by atoms with Gasteiger partial charge in [-0.3, -0.25) is 0 Å². The van der Waals surface area contributed by atoms with E-state index in [0.29, 0.717) is 10.7 Å². The number of esters is 1. The summed E-state index contributed by atoms with van der Waals surface area (Å²) in [4.78, 5) is 11.6. The van der Waals surface area contributed by atoms with Gasteiger partial charge in [0.1, 0.15) is 5.82 Å². The fourth-order valence-electron chi connectivity index (χ4n) is 1.85. The van der Waals surface area contributed by atoms with Crippen LogP contribution in [0.5, 0.6) is 0 Å². The number of aryl methyl sites for hydroxylation is 1. The van der Waals surface area contributed by atoms with Gasteiger partial charge in [-0.05, 0) is 36.8 Å². The summed E-state index contributed by atoms with van der Waals surface area (Å²) in [5.41, 5.74) is 7.32. The molecule has 0 aliphatic rings. The summed E-state index contributed by atoms with van der Waals surface area (Å²) < 4.78 is 18.6. The molecule has 110 valence electrons. The molecule has 0 aromatic heterocycles. The van der Waals surface area contributed by atoms with Gasteiger partial charge in [0, 0.05) is 5.69 Å². The van der Waals surface area contributed by atoms with Crippen LogP contribution in [0.15, 0.2) is 30.3 Å². The van der Waals surface area contributed by atoms with Crippen molar-refractivity contribution in [2.75, 3.05) is 18.2 Å². The van der Waals surface area contributed by atoms with E-state index < -0.39 is 11.8 Å². The molecule has 0 saturated carbocycles. The standard InChI is InChI=1S/C15H14ClFN2O2/c1-8-3-4-10(16)13(5-8)19-14-6-9(15(20)21-2)12(18)7-11(14)17/h3-7,19H,18H2,1-2H3. The molecule has 0 saturated heterocycles. The highest BCUT2D eigenvalue weighted by atomic mass is 35.5.